The van der Waals surface area contributed by atoms with E-state index in [4.69, 9.17) is 28.9 Å². The molecule has 2 N–H and O–H groups in total. The summed E-state index contributed by atoms with van der Waals surface area (Å²) in [5.41, 5.74) is 9.83. The van der Waals surface area contributed by atoms with Crippen LogP contribution in [-0.4, -0.2) is 0 Å². The number of nitrogens with two attached hydrogens (primary N) is 1. The van der Waals surface area contributed by atoms with E-state index in [9.17, 15) is 0 Å². The molecule has 0 heterocycles. The van der Waals surface area contributed by atoms with Gasteiger partial charge in [0.25, 0.3) is 0 Å². The standard InChI is InChI=1S/C16H15Cl2N.ClH/c17-14-8-7-12(10-15(14)18)16(19)9-3-5-11-4-1-2-6-13(11)16;/h1-2,4,6-8,10H,3,5,9,19H2;1H. The van der Waals surface area contributed by atoms with Gasteiger partial charge in [-0.3, -0.25) is 0 Å². The molecule has 1 aliphatic carbocycles. The molecule has 2 aromatic carbocycles. The Morgan fingerprint density at radius 3 is 2.50 bits per heavy atom. The van der Waals surface area contributed by atoms with Gasteiger partial charge in [0.15, 0.2) is 0 Å². The minimum absolute atomic E-state index is 0. The average Bonchev–Trinajstić information content (AvgIpc) is 2.42. The van der Waals surface area contributed by atoms with Crippen molar-refractivity contribution in [3.05, 3.63) is 69.2 Å². The van der Waals surface area contributed by atoms with E-state index in [1.165, 1.54) is 11.1 Å². The van der Waals surface area contributed by atoms with E-state index in [1.807, 2.05) is 24.3 Å². The molecule has 0 saturated heterocycles. The third-order valence-electron chi connectivity index (χ3n) is 3.95. The highest BCUT2D eigenvalue weighted by molar-refractivity contribution is 6.42. The van der Waals surface area contributed by atoms with Crippen molar-refractivity contribution in [1.29, 1.82) is 0 Å². The number of hydrogen-bond donors (Lipinski definition) is 1. The summed E-state index contributed by atoms with van der Waals surface area (Å²) >= 11 is 12.1. The van der Waals surface area contributed by atoms with Gasteiger partial charge in [0, 0.05) is 0 Å². The maximum absolute atomic E-state index is 6.71. The van der Waals surface area contributed by atoms with E-state index in [1.54, 1.807) is 0 Å². The maximum atomic E-state index is 6.71. The number of benzene rings is 2. The molecule has 2 aromatic rings. The van der Waals surface area contributed by atoms with Crippen molar-refractivity contribution in [2.75, 3.05) is 0 Å². The van der Waals surface area contributed by atoms with Gasteiger partial charge in [-0.1, -0.05) is 53.5 Å². The first-order valence-electron chi connectivity index (χ1n) is 6.44. The smallest absolute Gasteiger partial charge is 0.0668 e. The van der Waals surface area contributed by atoms with Crippen LogP contribution in [0.1, 0.15) is 29.5 Å². The van der Waals surface area contributed by atoms with E-state index in [2.05, 4.69) is 18.2 Å². The Morgan fingerprint density at radius 1 is 1.00 bits per heavy atom. The summed E-state index contributed by atoms with van der Waals surface area (Å²) < 4.78 is 0. The Hall–Kier alpha value is -0.730. The van der Waals surface area contributed by atoms with Gasteiger partial charge in [-0.05, 0) is 48.1 Å². The summed E-state index contributed by atoms with van der Waals surface area (Å²) in [6.45, 7) is 0. The molecule has 1 atom stereocenters. The number of fused-ring (bicyclic) bond motifs is 1. The summed E-state index contributed by atoms with van der Waals surface area (Å²) in [4.78, 5) is 0. The zero-order valence-electron chi connectivity index (χ0n) is 10.9. The monoisotopic (exact) mass is 327 g/mol. The van der Waals surface area contributed by atoms with Gasteiger partial charge in [0.1, 0.15) is 0 Å². The number of rotatable bonds is 1. The summed E-state index contributed by atoms with van der Waals surface area (Å²) in [5.74, 6) is 0. The third kappa shape index (κ3) is 2.56. The van der Waals surface area contributed by atoms with Crippen LogP contribution in [0.3, 0.4) is 0 Å². The summed E-state index contributed by atoms with van der Waals surface area (Å²) in [5, 5.41) is 1.13. The van der Waals surface area contributed by atoms with E-state index in [-0.39, 0.29) is 12.4 Å². The lowest BCUT2D eigenvalue weighted by molar-refractivity contribution is 0.443. The highest BCUT2D eigenvalue weighted by atomic mass is 35.5. The van der Waals surface area contributed by atoms with Crippen LogP contribution in [-0.2, 0) is 12.0 Å². The van der Waals surface area contributed by atoms with Crippen LogP contribution >= 0.6 is 35.6 Å². The highest BCUT2D eigenvalue weighted by Crippen LogP contribution is 2.40. The minimum atomic E-state index is -0.455. The molecule has 3 rings (SSSR count). The Kier molecular flexibility index (Phi) is 4.66. The summed E-state index contributed by atoms with van der Waals surface area (Å²) in [6.07, 6.45) is 3.12. The van der Waals surface area contributed by atoms with Crippen molar-refractivity contribution in [2.45, 2.75) is 24.8 Å². The molecule has 20 heavy (non-hydrogen) atoms. The molecule has 0 radical (unpaired) electrons. The zero-order chi connectivity index (χ0) is 13.5. The van der Waals surface area contributed by atoms with Gasteiger partial charge in [-0.15, -0.1) is 12.4 Å². The molecule has 0 bridgehead atoms. The second kappa shape index (κ2) is 5.95. The van der Waals surface area contributed by atoms with Crippen LogP contribution in [0, 0.1) is 0 Å². The largest absolute Gasteiger partial charge is 0.318 e. The molecule has 106 valence electrons. The maximum Gasteiger partial charge on any atom is 0.0668 e. The van der Waals surface area contributed by atoms with Crippen molar-refractivity contribution >= 4 is 35.6 Å². The van der Waals surface area contributed by atoms with Gasteiger partial charge in [-0.25, -0.2) is 0 Å². The second-order valence-electron chi connectivity index (χ2n) is 5.11. The molecular weight excluding hydrogens is 313 g/mol. The van der Waals surface area contributed by atoms with Crippen LogP contribution in [0.15, 0.2) is 42.5 Å². The van der Waals surface area contributed by atoms with E-state index in [0.29, 0.717) is 10.0 Å². The fourth-order valence-electron chi connectivity index (χ4n) is 2.94. The van der Waals surface area contributed by atoms with Crippen molar-refractivity contribution in [3.8, 4) is 0 Å². The molecule has 0 aliphatic heterocycles. The SMILES string of the molecule is Cl.NC1(c2ccc(Cl)c(Cl)c2)CCCc2ccccc21. The van der Waals surface area contributed by atoms with Crippen molar-refractivity contribution in [2.24, 2.45) is 5.73 Å². The molecular formula is C16H16Cl3N. The fourth-order valence-corrected chi connectivity index (χ4v) is 3.24. The first kappa shape index (κ1) is 15.7. The second-order valence-corrected chi connectivity index (χ2v) is 5.93. The molecule has 1 aliphatic rings. The molecule has 1 unspecified atom stereocenters. The number of halogens is 3. The molecule has 0 amide bonds. The quantitative estimate of drug-likeness (QED) is 0.787. The van der Waals surface area contributed by atoms with Gasteiger partial charge in [0.2, 0.25) is 0 Å². The lowest BCUT2D eigenvalue weighted by atomic mass is 9.73. The van der Waals surface area contributed by atoms with Gasteiger partial charge in [-0.2, -0.15) is 0 Å². The van der Waals surface area contributed by atoms with E-state index >= 15 is 0 Å². The highest BCUT2D eigenvalue weighted by Gasteiger charge is 2.34. The summed E-state index contributed by atoms with van der Waals surface area (Å²) in [7, 11) is 0. The molecule has 0 spiro atoms. The Labute approximate surface area is 135 Å². The Bertz CT molecular complexity index is 627. The number of aryl methyl sites for hydroxylation is 1. The molecule has 1 nitrogen and oxygen atoms in total. The lowest BCUT2D eigenvalue weighted by Gasteiger charge is -2.36. The normalized spacial score (nSPS) is 20.9. The third-order valence-corrected chi connectivity index (χ3v) is 4.69. The van der Waals surface area contributed by atoms with Gasteiger partial charge >= 0.3 is 0 Å². The van der Waals surface area contributed by atoms with Gasteiger partial charge < -0.3 is 5.73 Å². The van der Waals surface area contributed by atoms with Crippen molar-refractivity contribution < 1.29 is 0 Å². The Morgan fingerprint density at radius 2 is 1.75 bits per heavy atom. The first-order chi connectivity index (χ1) is 9.11. The van der Waals surface area contributed by atoms with Crippen LogP contribution in [0.4, 0.5) is 0 Å². The lowest BCUT2D eigenvalue weighted by Crippen LogP contribution is -2.41. The van der Waals surface area contributed by atoms with Crippen LogP contribution in [0.2, 0.25) is 10.0 Å². The van der Waals surface area contributed by atoms with Crippen LogP contribution < -0.4 is 5.73 Å². The predicted molar refractivity (Wildman–Crippen MR) is 88.1 cm³/mol. The Balaban J connectivity index is 0.00000147. The van der Waals surface area contributed by atoms with Crippen LogP contribution in [0.5, 0.6) is 0 Å². The van der Waals surface area contributed by atoms with Crippen molar-refractivity contribution in [3.63, 3.8) is 0 Å². The van der Waals surface area contributed by atoms with Crippen molar-refractivity contribution in [1.82, 2.24) is 0 Å². The van der Waals surface area contributed by atoms with E-state index in [0.717, 1.165) is 24.8 Å². The number of hydrogen-bond acceptors (Lipinski definition) is 1. The average molecular weight is 329 g/mol. The molecule has 4 heteroatoms. The zero-order valence-corrected chi connectivity index (χ0v) is 13.2. The molecule has 0 aromatic heterocycles. The van der Waals surface area contributed by atoms with Gasteiger partial charge in [0.05, 0.1) is 15.6 Å². The predicted octanol–water partition coefficient (Wildman–Crippen LogP) is 4.95. The minimum Gasteiger partial charge on any atom is -0.318 e. The van der Waals surface area contributed by atoms with E-state index < -0.39 is 5.54 Å². The summed E-state index contributed by atoms with van der Waals surface area (Å²) in [6, 6.07) is 14.1. The first-order valence-corrected chi connectivity index (χ1v) is 7.20. The topological polar surface area (TPSA) is 26.0 Å². The van der Waals surface area contributed by atoms with Crippen LogP contribution in [0.25, 0.3) is 0 Å². The molecule has 0 saturated carbocycles. The fraction of sp³-hybridized carbons (Fsp3) is 0.250. The molecule has 0 fully saturated rings.